The summed E-state index contributed by atoms with van der Waals surface area (Å²) in [7, 11) is 1.36. The van der Waals surface area contributed by atoms with E-state index in [0.29, 0.717) is 0 Å². The van der Waals surface area contributed by atoms with Crippen LogP contribution in [0.25, 0.3) is 11.1 Å². The number of aryl methyl sites for hydroxylation is 1. The van der Waals surface area contributed by atoms with Gasteiger partial charge in [0.25, 0.3) is 0 Å². The topological polar surface area (TPSA) is 43.8 Å². The molecule has 0 radical (unpaired) electrons. The van der Waals surface area contributed by atoms with Crippen LogP contribution >= 0.6 is 0 Å². The van der Waals surface area contributed by atoms with Crippen LogP contribution < -0.4 is 5.73 Å². The standard InChI is InChI=1S/C11H9F4N3/c1-18-5-9(10(17-18)11(13,14)15)6-2-7(12)4-8(16)3-6/h2-5H,16H2,1H3. The van der Waals surface area contributed by atoms with Crippen LogP contribution in [0.2, 0.25) is 0 Å². The van der Waals surface area contributed by atoms with Gasteiger partial charge in [-0.25, -0.2) is 4.39 Å². The van der Waals surface area contributed by atoms with Gasteiger partial charge in [-0.1, -0.05) is 0 Å². The molecule has 0 aliphatic carbocycles. The van der Waals surface area contributed by atoms with E-state index in [1.165, 1.54) is 19.3 Å². The van der Waals surface area contributed by atoms with Gasteiger partial charge in [-0.2, -0.15) is 18.3 Å². The van der Waals surface area contributed by atoms with Crippen molar-refractivity contribution in [3.63, 3.8) is 0 Å². The molecule has 2 rings (SSSR count). The Hall–Kier alpha value is -2.05. The molecule has 0 unspecified atom stereocenters. The summed E-state index contributed by atoms with van der Waals surface area (Å²) in [5.74, 6) is -0.693. The SMILES string of the molecule is Cn1cc(-c2cc(N)cc(F)c2)c(C(F)(F)F)n1. The Balaban J connectivity index is 2.63. The summed E-state index contributed by atoms with van der Waals surface area (Å²) in [4.78, 5) is 0. The van der Waals surface area contributed by atoms with Gasteiger partial charge in [0.2, 0.25) is 0 Å². The molecule has 0 spiro atoms. The molecule has 0 saturated carbocycles. The molecule has 1 aromatic heterocycles. The van der Waals surface area contributed by atoms with Crippen LogP contribution in [-0.4, -0.2) is 9.78 Å². The van der Waals surface area contributed by atoms with Crippen molar-refractivity contribution in [3.8, 4) is 11.1 Å². The molecule has 1 aromatic carbocycles. The average Bonchev–Trinajstić information content (AvgIpc) is 2.58. The minimum Gasteiger partial charge on any atom is -0.399 e. The molecule has 3 nitrogen and oxygen atoms in total. The maximum Gasteiger partial charge on any atom is 0.435 e. The maximum absolute atomic E-state index is 13.2. The van der Waals surface area contributed by atoms with Gasteiger partial charge in [0.15, 0.2) is 5.69 Å². The lowest BCUT2D eigenvalue weighted by molar-refractivity contribution is -0.140. The number of nitrogens with zero attached hydrogens (tertiary/aromatic N) is 2. The monoisotopic (exact) mass is 259 g/mol. The van der Waals surface area contributed by atoms with Crippen LogP contribution in [0, 0.1) is 5.82 Å². The van der Waals surface area contributed by atoms with E-state index in [1.54, 1.807) is 0 Å². The Morgan fingerprint density at radius 2 is 1.89 bits per heavy atom. The molecule has 0 bridgehead atoms. The van der Waals surface area contributed by atoms with Crippen molar-refractivity contribution in [1.82, 2.24) is 9.78 Å². The van der Waals surface area contributed by atoms with Crippen molar-refractivity contribution in [2.24, 2.45) is 7.05 Å². The van der Waals surface area contributed by atoms with Gasteiger partial charge in [-0.15, -0.1) is 0 Å². The number of alkyl halides is 3. The van der Waals surface area contributed by atoms with Crippen LogP contribution in [0.5, 0.6) is 0 Å². The molecule has 0 atom stereocenters. The first-order valence-corrected chi connectivity index (χ1v) is 4.94. The van der Waals surface area contributed by atoms with E-state index in [0.717, 1.165) is 16.8 Å². The zero-order valence-corrected chi connectivity index (χ0v) is 9.29. The van der Waals surface area contributed by atoms with Crippen molar-refractivity contribution < 1.29 is 17.6 Å². The van der Waals surface area contributed by atoms with Gasteiger partial charge in [-0.05, 0) is 23.8 Å². The summed E-state index contributed by atoms with van der Waals surface area (Å²) in [5.41, 5.74) is 4.26. The van der Waals surface area contributed by atoms with E-state index in [2.05, 4.69) is 5.10 Å². The fourth-order valence-corrected chi connectivity index (χ4v) is 1.68. The van der Waals surface area contributed by atoms with Gasteiger partial charge < -0.3 is 5.73 Å². The molecular formula is C11H9F4N3. The maximum atomic E-state index is 13.2. The number of halogens is 4. The van der Waals surface area contributed by atoms with E-state index in [-0.39, 0.29) is 16.8 Å². The Kier molecular flexibility index (Phi) is 2.76. The lowest BCUT2D eigenvalue weighted by Crippen LogP contribution is -2.08. The van der Waals surface area contributed by atoms with E-state index >= 15 is 0 Å². The second-order valence-electron chi connectivity index (χ2n) is 3.84. The van der Waals surface area contributed by atoms with Gasteiger partial charge in [0.1, 0.15) is 5.82 Å². The number of nitrogen functional groups attached to an aromatic ring is 1. The van der Waals surface area contributed by atoms with Crippen molar-refractivity contribution in [2.45, 2.75) is 6.18 Å². The van der Waals surface area contributed by atoms with E-state index < -0.39 is 17.7 Å². The van der Waals surface area contributed by atoms with Gasteiger partial charge in [0, 0.05) is 24.5 Å². The highest BCUT2D eigenvalue weighted by Gasteiger charge is 2.37. The quantitative estimate of drug-likeness (QED) is 0.632. The van der Waals surface area contributed by atoms with Crippen LogP contribution in [-0.2, 0) is 13.2 Å². The van der Waals surface area contributed by atoms with Crippen LogP contribution in [0.3, 0.4) is 0 Å². The van der Waals surface area contributed by atoms with Crippen molar-refractivity contribution in [1.29, 1.82) is 0 Å². The molecule has 2 N–H and O–H groups in total. The Labute approximate surface area is 99.8 Å². The van der Waals surface area contributed by atoms with Gasteiger partial charge in [0.05, 0.1) is 0 Å². The summed E-state index contributed by atoms with van der Waals surface area (Å²) in [6.45, 7) is 0. The summed E-state index contributed by atoms with van der Waals surface area (Å²) >= 11 is 0. The lowest BCUT2D eigenvalue weighted by atomic mass is 10.1. The predicted octanol–water partition coefficient (Wildman–Crippen LogP) is 2.83. The number of rotatable bonds is 1. The van der Waals surface area contributed by atoms with Gasteiger partial charge in [-0.3, -0.25) is 4.68 Å². The predicted molar refractivity (Wildman–Crippen MR) is 58.0 cm³/mol. The van der Waals surface area contributed by atoms with Gasteiger partial charge >= 0.3 is 6.18 Å². The van der Waals surface area contributed by atoms with Crippen molar-refractivity contribution in [3.05, 3.63) is 35.9 Å². The average molecular weight is 259 g/mol. The highest BCUT2D eigenvalue weighted by Crippen LogP contribution is 2.36. The minimum atomic E-state index is -4.60. The second-order valence-corrected chi connectivity index (χ2v) is 3.84. The largest absolute Gasteiger partial charge is 0.435 e. The smallest absolute Gasteiger partial charge is 0.399 e. The summed E-state index contributed by atoms with van der Waals surface area (Å²) < 4.78 is 52.4. The zero-order valence-electron chi connectivity index (χ0n) is 9.29. The number of anilines is 1. The third kappa shape index (κ3) is 2.29. The number of benzene rings is 1. The Morgan fingerprint density at radius 1 is 1.22 bits per heavy atom. The molecule has 18 heavy (non-hydrogen) atoms. The fraction of sp³-hybridized carbons (Fsp3) is 0.182. The Bertz CT molecular complexity index is 566. The highest BCUT2D eigenvalue weighted by molar-refractivity contribution is 5.69. The molecule has 96 valence electrons. The molecule has 0 aliphatic rings. The lowest BCUT2D eigenvalue weighted by Gasteiger charge is -2.07. The first kappa shape index (κ1) is 12.4. The highest BCUT2D eigenvalue weighted by atomic mass is 19.4. The molecule has 0 saturated heterocycles. The Morgan fingerprint density at radius 3 is 2.44 bits per heavy atom. The molecule has 0 amide bonds. The first-order chi connectivity index (χ1) is 8.27. The number of aromatic nitrogens is 2. The summed E-state index contributed by atoms with van der Waals surface area (Å²) in [6, 6.07) is 3.30. The van der Waals surface area contributed by atoms with Crippen LogP contribution in [0.4, 0.5) is 23.2 Å². The summed E-state index contributed by atoms with van der Waals surface area (Å²) in [6.07, 6.45) is -3.42. The van der Waals surface area contributed by atoms with Crippen LogP contribution in [0.1, 0.15) is 5.69 Å². The van der Waals surface area contributed by atoms with Crippen molar-refractivity contribution in [2.75, 3.05) is 5.73 Å². The summed E-state index contributed by atoms with van der Waals surface area (Å²) in [5, 5.41) is 3.35. The van der Waals surface area contributed by atoms with E-state index in [4.69, 9.17) is 5.73 Å². The minimum absolute atomic E-state index is 0.0490. The third-order valence-electron chi connectivity index (χ3n) is 2.33. The van der Waals surface area contributed by atoms with E-state index in [9.17, 15) is 17.6 Å². The molecule has 2 aromatic rings. The third-order valence-corrected chi connectivity index (χ3v) is 2.33. The van der Waals surface area contributed by atoms with Crippen LogP contribution in [0.15, 0.2) is 24.4 Å². The number of nitrogens with two attached hydrogens (primary N) is 1. The molecule has 1 heterocycles. The fourth-order valence-electron chi connectivity index (χ4n) is 1.68. The zero-order chi connectivity index (χ0) is 13.5. The molecular weight excluding hydrogens is 250 g/mol. The first-order valence-electron chi connectivity index (χ1n) is 4.94. The normalized spacial score (nSPS) is 11.8. The van der Waals surface area contributed by atoms with Crippen molar-refractivity contribution >= 4 is 5.69 Å². The van der Waals surface area contributed by atoms with E-state index in [1.807, 2.05) is 0 Å². The number of hydrogen-bond acceptors (Lipinski definition) is 2. The molecule has 0 fully saturated rings. The second kappa shape index (κ2) is 4.01. The number of hydrogen-bond donors (Lipinski definition) is 1. The molecule has 7 heteroatoms. The molecule has 0 aliphatic heterocycles.